The van der Waals surface area contributed by atoms with Gasteiger partial charge in [-0.3, -0.25) is 4.79 Å². The molecule has 1 atom stereocenters. The van der Waals surface area contributed by atoms with E-state index in [1.54, 1.807) is 26.8 Å². The fourth-order valence-electron chi connectivity index (χ4n) is 4.99. The molecular formula is C27H30F3IN2O4. The molecule has 2 aliphatic heterocycles. The van der Waals surface area contributed by atoms with Crippen LogP contribution >= 0.6 is 22.6 Å². The third-order valence-corrected chi connectivity index (χ3v) is 7.45. The molecule has 37 heavy (non-hydrogen) atoms. The Labute approximate surface area is 227 Å². The van der Waals surface area contributed by atoms with Gasteiger partial charge < -0.3 is 19.6 Å². The third-order valence-electron chi connectivity index (χ3n) is 6.78. The van der Waals surface area contributed by atoms with Crippen molar-refractivity contribution < 1.29 is 32.6 Å². The molecule has 0 unspecified atom stereocenters. The lowest BCUT2D eigenvalue weighted by molar-refractivity contribution is -0.137. The first kappa shape index (κ1) is 27.7. The van der Waals surface area contributed by atoms with E-state index in [0.29, 0.717) is 16.5 Å². The maximum Gasteiger partial charge on any atom is 0.410 e. The van der Waals surface area contributed by atoms with E-state index >= 15 is 0 Å². The second-order valence-electron chi connectivity index (χ2n) is 10.8. The second kappa shape index (κ2) is 10.4. The Morgan fingerprint density at radius 1 is 1.11 bits per heavy atom. The van der Waals surface area contributed by atoms with E-state index in [1.807, 2.05) is 22.6 Å². The number of nitrogens with zero attached hydrogens (tertiary/aromatic N) is 2. The summed E-state index contributed by atoms with van der Waals surface area (Å²) in [6, 6.07) is 5.93. The first-order valence-electron chi connectivity index (χ1n) is 12.2. The molecule has 2 amide bonds. The Hall–Kier alpha value is -2.34. The largest absolute Gasteiger partial charge is 0.444 e. The van der Waals surface area contributed by atoms with Crippen LogP contribution in [0.3, 0.4) is 0 Å². The molecule has 0 aliphatic carbocycles. The minimum atomic E-state index is -1.35. The Morgan fingerprint density at radius 2 is 1.81 bits per heavy atom. The summed E-state index contributed by atoms with van der Waals surface area (Å²) in [4.78, 5) is 29.0. The van der Waals surface area contributed by atoms with Crippen LogP contribution in [0.4, 0.5) is 18.0 Å². The van der Waals surface area contributed by atoms with Crippen LogP contribution in [0.1, 0.15) is 61.5 Å². The number of carbonyl (C=O) groups is 2. The number of halogens is 4. The van der Waals surface area contributed by atoms with Crippen molar-refractivity contribution in [2.45, 2.75) is 63.7 Å². The van der Waals surface area contributed by atoms with Crippen molar-refractivity contribution in [3.63, 3.8) is 0 Å². The zero-order valence-electron chi connectivity index (χ0n) is 21.0. The first-order valence-corrected chi connectivity index (χ1v) is 13.3. The van der Waals surface area contributed by atoms with Gasteiger partial charge in [0.1, 0.15) is 17.0 Å². The van der Waals surface area contributed by atoms with Crippen molar-refractivity contribution in [2.75, 3.05) is 19.6 Å². The normalized spacial score (nSPS) is 19.4. The maximum atomic E-state index is 14.8. The van der Waals surface area contributed by atoms with E-state index in [2.05, 4.69) is 0 Å². The van der Waals surface area contributed by atoms with Crippen LogP contribution in [0, 0.1) is 21.0 Å². The number of rotatable bonds is 4. The van der Waals surface area contributed by atoms with Gasteiger partial charge in [-0.05, 0) is 92.5 Å². The highest BCUT2D eigenvalue weighted by molar-refractivity contribution is 14.1. The van der Waals surface area contributed by atoms with Gasteiger partial charge in [-0.2, -0.15) is 0 Å². The number of piperidine rings is 1. The molecule has 2 saturated heterocycles. The number of amides is 2. The molecule has 2 aromatic rings. The minimum absolute atomic E-state index is 0.0773. The highest BCUT2D eigenvalue weighted by Gasteiger charge is 2.53. The predicted octanol–water partition coefficient (Wildman–Crippen LogP) is 5.28. The number of benzene rings is 2. The maximum absolute atomic E-state index is 14.8. The van der Waals surface area contributed by atoms with E-state index in [4.69, 9.17) is 4.74 Å². The van der Waals surface area contributed by atoms with Crippen LogP contribution in [-0.2, 0) is 11.2 Å². The van der Waals surface area contributed by atoms with E-state index in [9.17, 15) is 27.9 Å². The average molecular weight is 630 g/mol. The summed E-state index contributed by atoms with van der Waals surface area (Å²) in [5, 5.41) is 11.4. The molecule has 10 heteroatoms. The molecule has 6 nitrogen and oxygen atoms in total. The van der Waals surface area contributed by atoms with Gasteiger partial charge in [0.2, 0.25) is 0 Å². The topological polar surface area (TPSA) is 70.1 Å². The van der Waals surface area contributed by atoms with Gasteiger partial charge in [0.25, 0.3) is 5.91 Å². The number of β-amino-alcohol motifs (C(OH)–C–C–N with tert-alkyl or cyclic N) is 1. The summed E-state index contributed by atoms with van der Waals surface area (Å²) in [5.41, 5.74) is -2.24. The molecule has 0 spiro atoms. The Bertz CT molecular complexity index is 1210. The Morgan fingerprint density at radius 3 is 2.46 bits per heavy atom. The number of carbonyl (C=O) groups excluding carboxylic acids is 2. The number of hydrogen-bond donors (Lipinski definition) is 1. The van der Waals surface area contributed by atoms with Gasteiger partial charge in [-0.1, -0.05) is 6.07 Å². The third kappa shape index (κ3) is 5.89. The molecule has 2 fully saturated rings. The summed E-state index contributed by atoms with van der Waals surface area (Å²) in [5.74, 6) is -3.51. The zero-order chi connectivity index (χ0) is 27.1. The van der Waals surface area contributed by atoms with E-state index < -0.39 is 46.7 Å². The Kier molecular flexibility index (Phi) is 7.81. The smallest absolute Gasteiger partial charge is 0.410 e. The molecular weight excluding hydrogens is 600 g/mol. The summed E-state index contributed by atoms with van der Waals surface area (Å²) < 4.78 is 49.6. The van der Waals surface area contributed by atoms with Gasteiger partial charge in [-0.15, -0.1) is 0 Å². The van der Waals surface area contributed by atoms with Gasteiger partial charge >= 0.3 is 6.09 Å². The van der Waals surface area contributed by atoms with Crippen LogP contribution in [-0.4, -0.2) is 63.8 Å². The van der Waals surface area contributed by atoms with Gasteiger partial charge in [0.05, 0.1) is 19.1 Å². The predicted molar refractivity (Wildman–Crippen MR) is 140 cm³/mol. The summed E-state index contributed by atoms with van der Waals surface area (Å²) in [7, 11) is 0. The molecule has 2 aliphatic rings. The monoisotopic (exact) mass is 630 g/mol. The van der Waals surface area contributed by atoms with E-state index in [-0.39, 0.29) is 36.2 Å². The molecule has 2 heterocycles. The summed E-state index contributed by atoms with van der Waals surface area (Å²) in [6.07, 6.45) is 1.33. The SMILES string of the molecule is CC(C)(C)OC(=O)N1CCCC[C@H]1C1(O)CN(C(=O)c2ccc(F)c(F)c2Cc2ccc(I)cc2F)C1. The molecule has 0 radical (unpaired) electrons. The quantitative estimate of drug-likeness (QED) is 0.468. The molecule has 0 aromatic heterocycles. The van der Waals surface area contributed by atoms with Crippen molar-refractivity contribution in [1.29, 1.82) is 0 Å². The fourth-order valence-corrected chi connectivity index (χ4v) is 5.44. The van der Waals surface area contributed by atoms with Crippen LogP contribution in [0.15, 0.2) is 30.3 Å². The number of aliphatic hydroxyl groups is 1. The summed E-state index contributed by atoms with van der Waals surface area (Å²) >= 11 is 1.95. The van der Waals surface area contributed by atoms with Crippen LogP contribution in [0.25, 0.3) is 0 Å². The van der Waals surface area contributed by atoms with Gasteiger partial charge in [0.15, 0.2) is 11.6 Å². The zero-order valence-corrected chi connectivity index (χ0v) is 23.1. The van der Waals surface area contributed by atoms with E-state index in [1.165, 1.54) is 28.0 Å². The lowest BCUT2D eigenvalue weighted by atomic mass is 9.80. The lowest BCUT2D eigenvalue weighted by Crippen LogP contribution is -2.73. The number of hydrogen-bond acceptors (Lipinski definition) is 4. The van der Waals surface area contributed by atoms with Gasteiger partial charge in [-0.25, -0.2) is 18.0 Å². The highest BCUT2D eigenvalue weighted by Crippen LogP contribution is 2.36. The highest BCUT2D eigenvalue weighted by atomic mass is 127. The molecule has 4 rings (SSSR count). The molecule has 0 saturated carbocycles. The fraction of sp³-hybridized carbons (Fsp3) is 0.481. The average Bonchev–Trinajstić information content (AvgIpc) is 2.80. The van der Waals surface area contributed by atoms with E-state index in [0.717, 1.165) is 18.9 Å². The second-order valence-corrected chi connectivity index (χ2v) is 12.0. The molecule has 200 valence electrons. The van der Waals surface area contributed by atoms with Crippen molar-refractivity contribution in [3.8, 4) is 0 Å². The molecule has 1 N–H and O–H groups in total. The molecule has 2 aromatic carbocycles. The number of likely N-dealkylation sites (tertiary alicyclic amines) is 2. The standard InChI is InChI=1S/C27H30F3IN2O4/c1-26(2,3)37-25(35)33-11-5-4-6-22(33)27(36)14-32(15-27)24(34)18-9-10-20(28)23(30)19(18)12-16-7-8-17(31)13-21(16)29/h7-10,13,22,36H,4-6,11-12,14-15H2,1-3H3/t22-/m0/s1. The van der Waals surface area contributed by atoms with Gasteiger partial charge in [0, 0.05) is 27.7 Å². The van der Waals surface area contributed by atoms with Crippen molar-refractivity contribution >= 4 is 34.6 Å². The first-order chi connectivity index (χ1) is 17.3. The lowest BCUT2D eigenvalue weighted by Gasteiger charge is -2.54. The van der Waals surface area contributed by atoms with Crippen molar-refractivity contribution in [3.05, 3.63) is 68.0 Å². The van der Waals surface area contributed by atoms with Crippen molar-refractivity contribution in [1.82, 2.24) is 9.80 Å². The Balaban J connectivity index is 1.54. The number of ether oxygens (including phenoxy) is 1. The van der Waals surface area contributed by atoms with Crippen LogP contribution in [0.2, 0.25) is 0 Å². The summed E-state index contributed by atoms with van der Waals surface area (Å²) in [6.45, 7) is 5.58. The molecule has 0 bridgehead atoms. The minimum Gasteiger partial charge on any atom is -0.444 e. The van der Waals surface area contributed by atoms with Crippen LogP contribution < -0.4 is 0 Å². The van der Waals surface area contributed by atoms with Crippen molar-refractivity contribution in [2.24, 2.45) is 0 Å². The van der Waals surface area contributed by atoms with Crippen LogP contribution in [0.5, 0.6) is 0 Å².